The van der Waals surface area contributed by atoms with Crippen LogP contribution in [-0.2, 0) is 4.74 Å². The van der Waals surface area contributed by atoms with Crippen LogP contribution in [0.4, 0.5) is 4.79 Å². The molecule has 2 amide bonds. The van der Waals surface area contributed by atoms with Gasteiger partial charge < -0.3 is 4.74 Å². The summed E-state index contributed by atoms with van der Waals surface area (Å²) in [6.07, 6.45) is 5.34. The minimum atomic E-state index is -0.646. The topological polar surface area (TPSA) is 58.6 Å². The third kappa shape index (κ3) is 4.10. The summed E-state index contributed by atoms with van der Waals surface area (Å²) in [4.78, 5) is 26.3. The number of rotatable bonds is 3. The van der Waals surface area contributed by atoms with Crippen LogP contribution in [0.1, 0.15) is 42.5 Å². The van der Waals surface area contributed by atoms with Crippen molar-refractivity contribution in [3.63, 3.8) is 0 Å². The van der Waals surface area contributed by atoms with Gasteiger partial charge in [0, 0.05) is 17.5 Å². The van der Waals surface area contributed by atoms with E-state index < -0.39 is 12.0 Å². The highest BCUT2D eigenvalue weighted by Crippen LogP contribution is 2.30. The van der Waals surface area contributed by atoms with Gasteiger partial charge in [0.15, 0.2) is 0 Å². The molecule has 5 nitrogen and oxygen atoms in total. The van der Waals surface area contributed by atoms with E-state index in [1.165, 1.54) is 32.4 Å². The van der Waals surface area contributed by atoms with Gasteiger partial charge in [-0.25, -0.2) is 4.79 Å². The zero-order valence-electron chi connectivity index (χ0n) is 13.4. The summed E-state index contributed by atoms with van der Waals surface area (Å²) in [5.74, 6) is -0.0276. The molecule has 0 bridgehead atoms. The lowest BCUT2D eigenvalue weighted by Crippen LogP contribution is -2.49. The Bertz CT molecular complexity index is 544. The first-order valence-electron chi connectivity index (χ1n) is 8.51. The summed E-state index contributed by atoms with van der Waals surface area (Å²) in [6, 6.07) is 9.23. The monoisotopic (exact) mass is 316 g/mol. The highest BCUT2D eigenvalue weighted by molar-refractivity contribution is 6.02. The van der Waals surface area contributed by atoms with Crippen LogP contribution in [0.15, 0.2) is 30.3 Å². The van der Waals surface area contributed by atoms with Crippen LogP contribution < -0.4 is 5.32 Å². The molecule has 2 heterocycles. The number of benzene rings is 1. The number of hydrogen-bond acceptors (Lipinski definition) is 4. The van der Waals surface area contributed by atoms with Crippen LogP contribution in [0.5, 0.6) is 0 Å². The molecule has 2 atom stereocenters. The fourth-order valence-corrected chi connectivity index (χ4v) is 3.74. The molecule has 1 aromatic rings. The Morgan fingerprint density at radius 1 is 1.09 bits per heavy atom. The van der Waals surface area contributed by atoms with Gasteiger partial charge in [0.2, 0.25) is 0 Å². The van der Waals surface area contributed by atoms with Gasteiger partial charge in [0.1, 0.15) is 0 Å². The Hall–Kier alpha value is -1.88. The summed E-state index contributed by atoms with van der Waals surface area (Å²) >= 11 is 0. The van der Waals surface area contributed by atoms with Gasteiger partial charge in [0.05, 0.1) is 6.61 Å². The van der Waals surface area contributed by atoms with Crippen molar-refractivity contribution in [3.8, 4) is 0 Å². The maximum Gasteiger partial charge on any atom is 0.414 e. The van der Waals surface area contributed by atoms with Gasteiger partial charge in [0.25, 0.3) is 5.91 Å². The van der Waals surface area contributed by atoms with E-state index >= 15 is 0 Å². The van der Waals surface area contributed by atoms with E-state index in [1.54, 1.807) is 24.3 Å². The second kappa shape index (κ2) is 7.59. The van der Waals surface area contributed by atoms with E-state index in [-0.39, 0.29) is 0 Å². The SMILES string of the molecule is O=C(NC(=O)c1ccccc1)OC[C@H]1CCCN2CCCC[C@@H]12. The number of imide groups is 1. The third-order valence-electron chi connectivity index (χ3n) is 4.91. The molecule has 0 radical (unpaired) electrons. The lowest BCUT2D eigenvalue weighted by Gasteiger charge is -2.44. The fourth-order valence-electron chi connectivity index (χ4n) is 3.74. The number of ether oxygens (including phenoxy) is 1. The van der Waals surface area contributed by atoms with Crippen molar-refractivity contribution in [3.05, 3.63) is 35.9 Å². The number of nitrogens with one attached hydrogen (secondary N) is 1. The van der Waals surface area contributed by atoms with E-state index in [0.717, 1.165) is 12.8 Å². The standard InChI is InChI=1S/C18H24N2O3/c21-17(14-7-2-1-3-8-14)19-18(22)23-13-15-9-6-12-20-11-5-4-10-16(15)20/h1-3,7-8,15-16H,4-6,9-13H2,(H,19,21,22)/t15-,16+/m1/s1. The molecule has 0 spiro atoms. The van der Waals surface area contributed by atoms with E-state index in [9.17, 15) is 9.59 Å². The molecule has 2 aliphatic rings. The number of carbonyl (C=O) groups excluding carboxylic acids is 2. The molecule has 3 rings (SSSR count). The normalized spacial score (nSPS) is 24.5. The summed E-state index contributed by atoms with van der Waals surface area (Å²) < 4.78 is 5.33. The van der Waals surface area contributed by atoms with Crippen molar-refractivity contribution in [2.75, 3.05) is 19.7 Å². The molecule has 2 fully saturated rings. The maximum absolute atomic E-state index is 11.9. The second-order valence-corrected chi connectivity index (χ2v) is 6.42. The van der Waals surface area contributed by atoms with E-state index in [1.807, 2.05) is 6.07 Å². The summed E-state index contributed by atoms with van der Waals surface area (Å²) in [5.41, 5.74) is 0.459. The number of fused-ring (bicyclic) bond motifs is 1. The largest absolute Gasteiger partial charge is 0.449 e. The number of amides is 2. The molecule has 0 saturated carbocycles. The Balaban J connectivity index is 1.47. The minimum absolute atomic E-state index is 0.390. The minimum Gasteiger partial charge on any atom is -0.449 e. The zero-order valence-corrected chi connectivity index (χ0v) is 13.4. The molecule has 1 N–H and O–H groups in total. The predicted molar refractivity (Wildman–Crippen MR) is 87.2 cm³/mol. The molecular formula is C18H24N2O3. The predicted octanol–water partition coefficient (Wildman–Crippen LogP) is 2.82. The Kier molecular flexibility index (Phi) is 5.28. The van der Waals surface area contributed by atoms with Gasteiger partial charge in [-0.2, -0.15) is 0 Å². The average molecular weight is 316 g/mol. The number of hydrogen-bond donors (Lipinski definition) is 1. The lowest BCUT2D eigenvalue weighted by atomic mass is 9.84. The molecule has 2 saturated heterocycles. The first-order chi connectivity index (χ1) is 11.2. The van der Waals surface area contributed by atoms with Crippen molar-refractivity contribution >= 4 is 12.0 Å². The molecule has 0 aromatic heterocycles. The Labute approximate surface area is 137 Å². The van der Waals surface area contributed by atoms with Crippen molar-refractivity contribution in [2.45, 2.75) is 38.1 Å². The van der Waals surface area contributed by atoms with E-state index in [0.29, 0.717) is 24.1 Å². The maximum atomic E-state index is 11.9. The van der Waals surface area contributed by atoms with Crippen molar-refractivity contribution in [1.29, 1.82) is 0 Å². The van der Waals surface area contributed by atoms with Gasteiger partial charge in [-0.05, 0) is 50.9 Å². The smallest absolute Gasteiger partial charge is 0.414 e. The molecule has 124 valence electrons. The summed E-state index contributed by atoms with van der Waals surface area (Å²) in [7, 11) is 0. The first-order valence-corrected chi connectivity index (χ1v) is 8.51. The molecular weight excluding hydrogens is 292 g/mol. The van der Waals surface area contributed by atoms with Crippen LogP contribution in [-0.4, -0.2) is 42.6 Å². The van der Waals surface area contributed by atoms with Gasteiger partial charge in [-0.1, -0.05) is 24.6 Å². The highest BCUT2D eigenvalue weighted by Gasteiger charge is 2.33. The number of nitrogens with zero attached hydrogens (tertiary/aromatic N) is 1. The molecule has 0 aliphatic carbocycles. The second-order valence-electron chi connectivity index (χ2n) is 6.42. The number of carbonyl (C=O) groups is 2. The van der Waals surface area contributed by atoms with E-state index in [4.69, 9.17) is 4.74 Å². The van der Waals surface area contributed by atoms with Crippen LogP contribution in [0, 0.1) is 5.92 Å². The molecule has 2 aliphatic heterocycles. The van der Waals surface area contributed by atoms with Gasteiger partial charge in [-0.15, -0.1) is 0 Å². The third-order valence-corrected chi connectivity index (χ3v) is 4.91. The first kappa shape index (κ1) is 16.0. The molecule has 1 aromatic carbocycles. The molecule has 5 heteroatoms. The van der Waals surface area contributed by atoms with Crippen LogP contribution in [0.3, 0.4) is 0 Å². The van der Waals surface area contributed by atoms with Crippen molar-refractivity contribution < 1.29 is 14.3 Å². The van der Waals surface area contributed by atoms with Crippen molar-refractivity contribution in [1.82, 2.24) is 10.2 Å². The van der Waals surface area contributed by atoms with Gasteiger partial charge >= 0.3 is 6.09 Å². The van der Waals surface area contributed by atoms with Crippen LogP contribution >= 0.6 is 0 Å². The Morgan fingerprint density at radius 3 is 2.70 bits per heavy atom. The molecule has 23 heavy (non-hydrogen) atoms. The fraction of sp³-hybridized carbons (Fsp3) is 0.556. The number of alkyl carbamates (subject to hydrolysis) is 1. The Morgan fingerprint density at radius 2 is 1.87 bits per heavy atom. The lowest BCUT2D eigenvalue weighted by molar-refractivity contribution is 0.0235. The number of piperidine rings is 2. The van der Waals surface area contributed by atoms with Crippen LogP contribution in [0.25, 0.3) is 0 Å². The zero-order chi connectivity index (χ0) is 16.1. The molecule has 0 unspecified atom stereocenters. The van der Waals surface area contributed by atoms with Gasteiger partial charge in [-0.3, -0.25) is 15.0 Å². The average Bonchev–Trinajstić information content (AvgIpc) is 2.60. The van der Waals surface area contributed by atoms with Crippen molar-refractivity contribution in [2.24, 2.45) is 5.92 Å². The summed E-state index contributed by atoms with van der Waals surface area (Å²) in [6.45, 7) is 2.73. The van der Waals surface area contributed by atoms with E-state index in [2.05, 4.69) is 10.2 Å². The summed E-state index contributed by atoms with van der Waals surface area (Å²) in [5, 5.41) is 2.29. The highest BCUT2D eigenvalue weighted by atomic mass is 16.5. The van der Waals surface area contributed by atoms with Crippen LogP contribution in [0.2, 0.25) is 0 Å². The quantitative estimate of drug-likeness (QED) is 0.931.